The molecule has 0 radical (unpaired) electrons. The first-order valence-electron chi connectivity index (χ1n) is 6.14. The number of carbonyl (C=O) groups is 1. The highest BCUT2D eigenvalue weighted by Gasteiger charge is 2.44. The molecule has 2 heterocycles. The molecule has 4 N–H and O–H groups in total. The minimum atomic E-state index is -1.22. The van der Waals surface area contributed by atoms with E-state index >= 15 is 0 Å². The third kappa shape index (κ3) is 2.93. The Morgan fingerprint density at radius 2 is 2.38 bits per heavy atom. The van der Waals surface area contributed by atoms with Crippen LogP contribution >= 0.6 is 8.81 Å². The number of terminal acetylenes is 1. The largest absolute Gasteiger partial charge is 0.387 e. The molecule has 0 aromatic carbocycles. The van der Waals surface area contributed by atoms with Crippen molar-refractivity contribution in [2.24, 2.45) is 5.73 Å². The summed E-state index contributed by atoms with van der Waals surface area (Å²) in [6, 6.07) is 0. The maximum atomic E-state index is 11.2. The van der Waals surface area contributed by atoms with Gasteiger partial charge in [-0.1, -0.05) is 0 Å². The molecule has 5 atom stereocenters. The lowest BCUT2D eigenvalue weighted by atomic mass is 10.1. The molecular formula is C12H16N3O5P. The first-order chi connectivity index (χ1) is 10.0. The lowest BCUT2D eigenvalue weighted by molar-refractivity contribution is -0.0480. The van der Waals surface area contributed by atoms with Crippen LogP contribution in [0.1, 0.15) is 22.4 Å². The van der Waals surface area contributed by atoms with Crippen molar-refractivity contribution in [1.29, 1.82) is 0 Å². The van der Waals surface area contributed by atoms with Crippen LogP contribution in [0.2, 0.25) is 0 Å². The number of nitrogens with two attached hydrogens (primary N) is 1. The summed E-state index contributed by atoms with van der Waals surface area (Å²) in [7, 11) is 0.238. The number of hydrogen-bond acceptors (Lipinski definition) is 6. The number of rotatable bonds is 5. The summed E-state index contributed by atoms with van der Waals surface area (Å²) in [6.07, 6.45) is 2.61. The zero-order valence-corrected chi connectivity index (χ0v) is 12.3. The number of hydrogen-bond donors (Lipinski definition) is 3. The second-order valence-electron chi connectivity index (χ2n) is 4.42. The molecular weight excluding hydrogens is 297 g/mol. The predicted octanol–water partition coefficient (Wildman–Crippen LogP) is -1.18. The van der Waals surface area contributed by atoms with Crippen molar-refractivity contribution in [3.63, 3.8) is 0 Å². The highest BCUT2D eigenvalue weighted by atomic mass is 31.1. The van der Waals surface area contributed by atoms with E-state index in [1.165, 1.54) is 10.9 Å². The van der Waals surface area contributed by atoms with Gasteiger partial charge in [0.25, 0.3) is 5.91 Å². The summed E-state index contributed by atoms with van der Waals surface area (Å²) in [6.45, 7) is 1.98. The quantitative estimate of drug-likeness (QED) is 0.465. The van der Waals surface area contributed by atoms with E-state index in [4.69, 9.17) is 21.4 Å². The van der Waals surface area contributed by atoms with Gasteiger partial charge in [0.05, 0.1) is 12.9 Å². The Morgan fingerprint density at radius 1 is 1.67 bits per heavy atom. The molecule has 8 nitrogen and oxygen atoms in total. The molecule has 0 bridgehead atoms. The third-order valence-corrected chi connectivity index (χ3v) is 3.62. The number of aliphatic hydroxyl groups excluding tert-OH is 2. The normalized spacial score (nSPS) is 29.0. The van der Waals surface area contributed by atoms with Crippen LogP contribution < -0.4 is 5.73 Å². The van der Waals surface area contributed by atoms with Gasteiger partial charge in [0.2, 0.25) is 0 Å². The molecule has 2 rings (SSSR count). The number of ether oxygens (including phenoxy) is 1. The first kappa shape index (κ1) is 15.9. The standard InChI is InChI=1S/C12H16N3O5P/c1-3-6-8(11(13)18)14-5-15(6)12-10(17)9(16)7(20-12)4-19-21-2/h1,5,7,9-10,12,16-17,21H,4H2,2H3,(H2,13,18)/t7-,9-,10-,12-/m1/s1. The molecule has 1 unspecified atom stereocenters. The van der Waals surface area contributed by atoms with Gasteiger partial charge in [0.1, 0.15) is 24.0 Å². The maximum absolute atomic E-state index is 11.2. The Hall–Kier alpha value is -1.49. The van der Waals surface area contributed by atoms with Crippen LogP contribution in [0.25, 0.3) is 0 Å². The van der Waals surface area contributed by atoms with Gasteiger partial charge in [0, 0.05) is 8.81 Å². The summed E-state index contributed by atoms with van der Waals surface area (Å²) in [5.74, 6) is 1.52. The van der Waals surface area contributed by atoms with Gasteiger partial charge in [0.15, 0.2) is 11.9 Å². The lowest BCUT2D eigenvalue weighted by Crippen LogP contribution is -2.33. The Bertz CT molecular complexity index is 570. The van der Waals surface area contributed by atoms with Crippen molar-refractivity contribution in [2.75, 3.05) is 13.3 Å². The van der Waals surface area contributed by atoms with Gasteiger partial charge in [-0.05, 0) is 12.6 Å². The average molecular weight is 313 g/mol. The van der Waals surface area contributed by atoms with Gasteiger partial charge in [-0.2, -0.15) is 0 Å². The van der Waals surface area contributed by atoms with E-state index in [2.05, 4.69) is 10.9 Å². The maximum Gasteiger partial charge on any atom is 0.270 e. The minimum absolute atomic E-state index is 0.0856. The van der Waals surface area contributed by atoms with Gasteiger partial charge < -0.3 is 25.2 Å². The fourth-order valence-electron chi connectivity index (χ4n) is 2.14. The van der Waals surface area contributed by atoms with Crippen molar-refractivity contribution < 1.29 is 24.3 Å². The van der Waals surface area contributed by atoms with Crippen molar-refractivity contribution in [3.05, 3.63) is 17.7 Å². The lowest BCUT2D eigenvalue weighted by Gasteiger charge is -2.17. The van der Waals surface area contributed by atoms with Gasteiger partial charge in [-0.3, -0.25) is 9.36 Å². The van der Waals surface area contributed by atoms with Crippen LogP contribution in [-0.2, 0) is 9.26 Å². The molecule has 114 valence electrons. The van der Waals surface area contributed by atoms with Crippen LogP contribution in [0.15, 0.2) is 6.33 Å². The monoisotopic (exact) mass is 313 g/mol. The third-order valence-electron chi connectivity index (χ3n) is 3.17. The molecule has 0 saturated carbocycles. The second-order valence-corrected chi connectivity index (χ2v) is 5.12. The molecule has 1 aromatic heterocycles. The van der Waals surface area contributed by atoms with Crippen LogP contribution in [-0.4, -0.2) is 57.3 Å². The van der Waals surface area contributed by atoms with E-state index in [1.54, 1.807) is 0 Å². The summed E-state index contributed by atoms with van der Waals surface area (Å²) < 4.78 is 12.1. The van der Waals surface area contributed by atoms with Gasteiger partial charge in [-0.15, -0.1) is 6.42 Å². The van der Waals surface area contributed by atoms with Crippen molar-refractivity contribution >= 4 is 14.7 Å². The molecule has 9 heteroatoms. The smallest absolute Gasteiger partial charge is 0.270 e. The van der Waals surface area contributed by atoms with E-state index in [9.17, 15) is 15.0 Å². The van der Waals surface area contributed by atoms with E-state index in [0.29, 0.717) is 0 Å². The molecule has 0 spiro atoms. The van der Waals surface area contributed by atoms with Crippen molar-refractivity contribution in [3.8, 4) is 12.3 Å². The number of carbonyl (C=O) groups excluding carboxylic acids is 1. The highest BCUT2D eigenvalue weighted by Crippen LogP contribution is 2.31. The number of amides is 1. The Balaban J connectivity index is 2.27. The molecule has 1 aliphatic heterocycles. The number of nitrogens with zero attached hydrogens (tertiary/aromatic N) is 2. The molecule has 1 amide bonds. The van der Waals surface area contributed by atoms with Crippen LogP contribution in [0.3, 0.4) is 0 Å². The fourth-order valence-corrected chi connectivity index (χ4v) is 2.47. The van der Waals surface area contributed by atoms with E-state index < -0.39 is 30.4 Å². The van der Waals surface area contributed by atoms with Gasteiger partial charge >= 0.3 is 0 Å². The predicted molar refractivity (Wildman–Crippen MR) is 74.8 cm³/mol. The molecule has 21 heavy (non-hydrogen) atoms. The van der Waals surface area contributed by atoms with E-state index in [-0.39, 0.29) is 26.8 Å². The molecule has 1 aromatic rings. The minimum Gasteiger partial charge on any atom is -0.387 e. The molecule has 0 aliphatic carbocycles. The summed E-state index contributed by atoms with van der Waals surface area (Å²) in [5.41, 5.74) is 5.18. The summed E-state index contributed by atoms with van der Waals surface area (Å²) >= 11 is 0. The van der Waals surface area contributed by atoms with E-state index in [1.807, 2.05) is 6.66 Å². The summed E-state index contributed by atoms with van der Waals surface area (Å²) in [5, 5.41) is 20.1. The number of imidazole rings is 1. The van der Waals surface area contributed by atoms with E-state index in [0.717, 1.165) is 0 Å². The van der Waals surface area contributed by atoms with Crippen LogP contribution in [0, 0.1) is 12.3 Å². The molecule has 1 aliphatic rings. The molecule has 1 saturated heterocycles. The zero-order valence-electron chi connectivity index (χ0n) is 11.3. The van der Waals surface area contributed by atoms with Crippen molar-refractivity contribution in [1.82, 2.24) is 9.55 Å². The van der Waals surface area contributed by atoms with Crippen LogP contribution in [0.5, 0.6) is 0 Å². The topological polar surface area (TPSA) is 120 Å². The number of primary amides is 1. The molecule has 1 fully saturated rings. The number of aromatic nitrogens is 2. The SMILES string of the molecule is C#Cc1c(C(N)=O)ncn1[C@@H]1O[C@H](COPC)[C@@H](O)[C@H]1O. The first-order valence-corrected chi connectivity index (χ1v) is 7.55. The van der Waals surface area contributed by atoms with Crippen LogP contribution in [0.4, 0.5) is 0 Å². The number of aliphatic hydroxyl groups is 2. The Labute approximate surface area is 123 Å². The van der Waals surface area contributed by atoms with Gasteiger partial charge in [-0.25, -0.2) is 4.98 Å². The second kappa shape index (κ2) is 6.52. The fraction of sp³-hybridized carbons (Fsp3) is 0.500. The Kier molecular flexibility index (Phi) is 4.93. The Morgan fingerprint density at radius 3 is 2.95 bits per heavy atom. The highest BCUT2D eigenvalue weighted by molar-refractivity contribution is 7.31. The summed E-state index contributed by atoms with van der Waals surface area (Å²) in [4.78, 5) is 15.1. The average Bonchev–Trinajstić information content (AvgIpc) is 3.00. The zero-order chi connectivity index (χ0) is 15.6. The van der Waals surface area contributed by atoms with Crippen molar-refractivity contribution in [2.45, 2.75) is 24.5 Å².